The first kappa shape index (κ1) is 21.6. The van der Waals surface area contributed by atoms with Crippen molar-refractivity contribution >= 4 is 26.8 Å². The summed E-state index contributed by atoms with van der Waals surface area (Å²) in [6.45, 7) is 1.39. The Morgan fingerprint density at radius 2 is 2.07 bits per heavy atom. The Kier molecular flexibility index (Phi) is 6.28. The number of hydrogen-bond donors (Lipinski definition) is 1. The SMILES string of the molecule is CCS(=O)(=O)c1cccc(-c2cc(C(=O)OC)cc3c2nnn3C/C(F)=C/CN)c1. The van der Waals surface area contributed by atoms with E-state index in [-0.39, 0.29) is 29.3 Å². The van der Waals surface area contributed by atoms with Gasteiger partial charge in [-0.25, -0.2) is 22.3 Å². The molecule has 0 amide bonds. The minimum atomic E-state index is -3.43. The highest BCUT2D eigenvalue weighted by atomic mass is 32.2. The maximum absolute atomic E-state index is 14.0. The molecule has 3 rings (SSSR count). The van der Waals surface area contributed by atoms with Crippen LogP contribution in [0.1, 0.15) is 17.3 Å². The number of methoxy groups -OCH3 is 1. The first-order valence-corrected chi connectivity index (χ1v) is 10.8. The van der Waals surface area contributed by atoms with E-state index in [0.717, 1.165) is 0 Å². The largest absolute Gasteiger partial charge is 0.465 e. The number of rotatable bonds is 7. The number of allylic oxidation sites excluding steroid dienone is 1. The minimum Gasteiger partial charge on any atom is -0.465 e. The molecule has 2 aromatic carbocycles. The standard InChI is InChI=1S/C20H21FN4O4S/c1-3-30(27,28)16-6-4-5-13(9-16)17-10-14(20(26)29-2)11-18-19(17)23-24-25(18)12-15(21)7-8-22/h4-7,9-11H,3,8,12,22H2,1-2H3/b15-7-. The highest BCUT2D eigenvalue weighted by Gasteiger charge is 2.19. The summed E-state index contributed by atoms with van der Waals surface area (Å²) in [6.07, 6.45) is 1.22. The summed E-state index contributed by atoms with van der Waals surface area (Å²) in [5.41, 5.74) is 7.36. The molecule has 8 nitrogen and oxygen atoms in total. The average Bonchev–Trinajstić information content (AvgIpc) is 3.15. The lowest BCUT2D eigenvalue weighted by Gasteiger charge is -2.09. The van der Waals surface area contributed by atoms with Gasteiger partial charge in [-0.1, -0.05) is 24.3 Å². The second-order valence-electron chi connectivity index (χ2n) is 6.45. The number of fused-ring (bicyclic) bond motifs is 1. The molecule has 1 heterocycles. The second-order valence-corrected chi connectivity index (χ2v) is 8.73. The van der Waals surface area contributed by atoms with Gasteiger partial charge < -0.3 is 10.5 Å². The van der Waals surface area contributed by atoms with Crippen LogP contribution in [0.2, 0.25) is 0 Å². The lowest BCUT2D eigenvalue weighted by molar-refractivity contribution is 0.0601. The molecule has 30 heavy (non-hydrogen) atoms. The Morgan fingerprint density at radius 3 is 2.73 bits per heavy atom. The Balaban J connectivity index is 2.24. The number of nitrogens with zero attached hydrogens (tertiary/aromatic N) is 3. The smallest absolute Gasteiger partial charge is 0.337 e. The molecule has 0 aliphatic heterocycles. The summed E-state index contributed by atoms with van der Waals surface area (Å²) in [5.74, 6) is -1.14. The molecule has 0 radical (unpaired) electrons. The molecular formula is C20H21FN4O4S. The molecule has 0 aliphatic carbocycles. The fourth-order valence-corrected chi connectivity index (χ4v) is 3.93. The zero-order valence-corrected chi connectivity index (χ0v) is 17.3. The van der Waals surface area contributed by atoms with Gasteiger partial charge in [0.15, 0.2) is 9.84 Å². The second kappa shape index (κ2) is 8.72. The predicted molar refractivity (Wildman–Crippen MR) is 110 cm³/mol. The number of aromatic nitrogens is 3. The Hall–Kier alpha value is -3.11. The van der Waals surface area contributed by atoms with Crippen LogP contribution in [0.15, 0.2) is 53.2 Å². The van der Waals surface area contributed by atoms with Crippen molar-refractivity contribution < 1.29 is 22.3 Å². The molecule has 0 atom stereocenters. The number of ether oxygens (including phenoxy) is 1. The third kappa shape index (κ3) is 4.24. The van der Waals surface area contributed by atoms with Crippen molar-refractivity contribution in [1.29, 1.82) is 0 Å². The van der Waals surface area contributed by atoms with Crippen LogP contribution in [-0.2, 0) is 21.1 Å². The average molecular weight is 432 g/mol. The topological polar surface area (TPSA) is 117 Å². The normalized spacial score (nSPS) is 12.3. The summed E-state index contributed by atoms with van der Waals surface area (Å²) in [6, 6.07) is 9.40. The van der Waals surface area contributed by atoms with E-state index in [1.807, 2.05) is 0 Å². The molecule has 3 aromatic rings. The molecule has 0 fully saturated rings. The van der Waals surface area contributed by atoms with Crippen LogP contribution in [0.3, 0.4) is 0 Å². The number of halogens is 1. The predicted octanol–water partition coefficient (Wildman–Crippen LogP) is 2.49. The molecule has 1 aromatic heterocycles. The van der Waals surface area contributed by atoms with Gasteiger partial charge in [0.25, 0.3) is 0 Å². The molecule has 10 heteroatoms. The van der Waals surface area contributed by atoms with Crippen LogP contribution >= 0.6 is 0 Å². The van der Waals surface area contributed by atoms with Crippen molar-refractivity contribution in [1.82, 2.24) is 15.0 Å². The minimum absolute atomic E-state index is 0.0375. The molecule has 0 aliphatic rings. The van der Waals surface area contributed by atoms with E-state index in [0.29, 0.717) is 22.2 Å². The van der Waals surface area contributed by atoms with Gasteiger partial charge in [-0.15, -0.1) is 5.10 Å². The molecule has 2 N–H and O–H groups in total. The van der Waals surface area contributed by atoms with Crippen molar-refractivity contribution in [3.8, 4) is 11.1 Å². The van der Waals surface area contributed by atoms with Crippen molar-refractivity contribution in [2.24, 2.45) is 5.73 Å². The molecule has 0 saturated carbocycles. The number of hydrogen-bond acceptors (Lipinski definition) is 7. The Morgan fingerprint density at radius 1 is 1.30 bits per heavy atom. The lowest BCUT2D eigenvalue weighted by atomic mass is 10.0. The van der Waals surface area contributed by atoms with E-state index in [2.05, 4.69) is 10.3 Å². The third-order valence-electron chi connectivity index (χ3n) is 4.57. The maximum atomic E-state index is 14.0. The van der Waals surface area contributed by atoms with Gasteiger partial charge in [0.1, 0.15) is 11.3 Å². The number of nitrogens with two attached hydrogens (primary N) is 1. The number of carbonyl (C=O) groups is 1. The van der Waals surface area contributed by atoms with E-state index >= 15 is 0 Å². The molecular weight excluding hydrogens is 411 g/mol. The van der Waals surface area contributed by atoms with Crippen LogP contribution in [0.4, 0.5) is 4.39 Å². The van der Waals surface area contributed by atoms with Gasteiger partial charge in [0, 0.05) is 12.1 Å². The molecule has 158 valence electrons. The van der Waals surface area contributed by atoms with Crippen LogP contribution < -0.4 is 5.73 Å². The van der Waals surface area contributed by atoms with E-state index < -0.39 is 21.6 Å². The van der Waals surface area contributed by atoms with Gasteiger partial charge in [-0.3, -0.25) is 0 Å². The van der Waals surface area contributed by atoms with Gasteiger partial charge in [0.2, 0.25) is 0 Å². The van der Waals surface area contributed by atoms with Crippen molar-refractivity contribution in [3.63, 3.8) is 0 Å². The molecule has 0 spiro atoms. The third-order valence-corrected chi connectivity index (χ3v) is 6.30. The Labute approximate surface area is 173 Å². The molecule has 0 saturated heterocycles. The fraction of sp³-hybridized carbons (Fsp3) is 0.250. The lowest BCUT2D eigenvalue weighted by Crippen LogP contribution is -2.06. The van der Waals surface area contributed by atoms with E-state index in [9.17, 15) is 17.6 Å². The summed E-state index contributed by atoms with van der Waals surface area (Å²) in [4.78, 5) is 12.4. The maximum Gasteiger partial charge on any atom is 0.337 e. The van der Waals surface area contributed by atoms with Crippen molar-refractivity contribution in [3.05, 3.63) is 53.9 Å². The van der Waals surface area contributed by atoms with Crippen LogP contribution in [0.25, 0.3) is 22.2 Å². The number of sulfone groups is 1. The first-order valence-electron chi connectivity index (χ1n) is 9.14. The number of benzene rings is 2. The van der Waals surface area contributed by atoms with Gasteiger partial charge in [-0.2, -0.15) is 0 Å². The summed E-state index contributed by atoms with van der Waals surface area (Å²) in [5, 5.41) is 8.12. The highest BCUT2D eigenvalue weighted by molar-refractivity contribution is 7.91. The van der Waals surface area contributed by atoms with Gasteiger partial charge in [-0.05, 0) is 35.9 Å². The fourth-order valence-electron chi connectivity index (χ4n) is 3.00. The van der Waals surface area contributed by atoms with Gasteiger partial charge in [0.05, 0.1) is 35.4 Å². The summed E-state index contributed by atoms with van der Waals surface area (Å²) >= 11 is 0. The van der Waals surface area contributed by atoms with Crippen LogP contribution in [0.5, 0.6) is 0 Å². The van der Waals surface area contributed by atoms with E-state index in [4.69, 9.17) is 10.5 Å². The van der Waals surface area contributed by atoms with Crippen LogP contribution in [-0.4, -0.2) is 48.8 Å². The van der Waals surface area contributed by atoms with E-state index in [1.54, 1.807) is 25.1 Å². The summed E-state index contributed by atoms with van der Waals surface area (Å²) in [7, 11) is -2.18. The number of esters is 1. The van der Waals surface area contributed by atoms with Gasteiger partial charge >= 0.3 is 5.97 Å². The van der Waals surface area contributed by atoms with Crippen molar-refractivity contribution in [2.45, 2.75) is 18.4 Å². The summed E-state index contributed by atoms with van der Waals surface area (Å²) < 4.78 is 44.7. The Bertz CT molecular complexity index is 1230. The first-order chi connectivity index (χ1) is 14.3. The van der Waals surface area contributed by atoms with Crippen molar-refractivity contribution in [2.75, 3.05) is 19.4 Å². The van der Waals surface area contributed by atoms with Crippen LogP contribution in [0, 0.1) is 0 Å². The zero-order valence-electron chi connectivity index (χ0n) is 16.5. The molecule has 0 unspecified atom stereocenters. The zero-order chi connectivity index (χ0) is 21.9. The quantitative estimate of drug-likeness (QED) is 0.570. The van der Waals surface area contributed by atoms with E-state index in [1.165, 1.54) is 36.1 Å². The molecule has 0 bridgehead atoms. The number of carbonyl (C=O) groups excluding carboxylic acids is 1. The monoisotopic (exact) mass is 432 g/mol. The highest BCUT2D eigenvalue weighted by Crippen LogP contribution is 2.31.